The number of aromatic nitrogens is 1. The van der Waals surface area contributed by atoms with Crippen LogP contribution < -0.4 is 31.3 Å². The maximum atomic E-state index is 15.1. The average Bonchev–Trinajstić information content (AvgIpc) is 1.66. The summed E-state index contributed by atoms with van der Waals surface area (Å²) < 4.78 is 144. The number of benzene rings is 4. The number of halogens is 6. The van der Waals surface area contributed by atoms with Crippen LogP contribution in [-0.2, 0) is 43.8 Å². The number of alkyl halides is 6. The van der Waals surface area contributed by atoms with E-state index < -0.39 is 123 Å². The fourth-order valence-corrected chi connectivity index (χ4v) is 21.2. The first kappa shape index (κ1) is 84.8. The molecule has 2 bridgehead atoms. The Kier molecular flexibility index (Phi) is 25.2. The number of nitrogens with zero attached hydrogens (tertiary/aromatic N) is 6. The van der Waals surface area contributed by atoms with Crippen LogP contribution in [0.25, 0.3) is 10.4 Å². The van der Waals surface area contributed by atoms with Crippen molar-refractivity contribution in [3.8, 4) is 10.4 Å². The maximum Gasteiger partial charge on any atom is 0.501 e. The quantitative estimate of drug-likeness (QED) is 0.0101. The summed E-state index contributed by atoms with van der Waals surface area (Å²) in [7, 11) is -11.2. The number of aryl methyl sites for hydroxylation is 1. The van der Waals surface area contributed by atoms with Gasteiger partial charge in [-0.3, -0.25) is 38.6 Å². The number of aliphatic hydroxyl groups excluding tert-OH is 1. The lowest BCUT2D eigenvalue weighted by molar-refractivity contribution is -0.250. The number of allylic oxidation sites excluding steroid dienone is 1. The van der Waals surface area contributed by atoms with E-state index in [4.69, 9.17) is 5.73 Å². The van der Waals surface area contributed by atoms with Crippen molar-refractivity contribution in [1.29, 1.82) is 0 Å². The maximum absolute atomic E-state index is 15.1. The number of nitrogens with two attached hydrogens (primary N) is 1. The highest BCUT2D eigenvalue weighted by Crippen LogP contribution is 2.79. The molecule has 4 aromatic carbocycles. The molecule has 3 aliphatic heterocycles. The molecule has 22 nitrogen and oxygen atoms in total. The van der Waals surface area contributed by atoms with E-state index in [9.17, 15) is 72.7 Å². The van der Waals surface area contributed by atoms with Gasteiger partial charge in [-0.05, 0) is 160 Å². The highest BCUT2D eigenvalue weighted by atomic mass is 32.2. The number of thiazole rings is 1. The lowest BCUT2D eigenvalue weighted by atomic mass is 9.32. The summed E-state index contributed by atoms with van der Waals surface area (Å²) in [6.45, 7) is 16.8. The van der Waals surface area contributed by atoms with E-state index in [0.29, 0.717) is 96.0 Å². The average molecular weight is 1650 g/mol. The van der Waals surface area contributed by atoms with Crippen LogP contribution in [0.15, 0.2) is 128 Å². The van der Waals surface area contributed by atoms with E-state index in [2.05, 4.69) is 49.5 Å². The topological polar surface area (TPSA) is 294 Å². The highest BCUT2D eigenvalue weighted by molar-refractivity contribution is 7.99. The van der Waals surface area contributed by atoms with Crippen LogP contribution in [0.3, 0.4) is 0 Å². The Balaban J connectivity index is 0.630. The molecule has 5 aromatic rings. The van der Waals surface area contributed by atoms with Gasteiger partial charge in [-0.1, -0.05) is 94.7 Å². The number of β-amino-alcohol motifs (C(OH)–C–C–N with tert-alkyl or cyclic N) is 1. The lowest BCUT2D eigenvalue weighted by Crippen LogP contribution is -2.66. The minimum atomic E-state index is -6.22. The van der Waals surface area contributed by atoms with Gasteiger partial charge in [0.05, 0.1) is 32.8 Å². The van der Waals surface area contributed by atoms with E-state index >= 15 is 4.39 Å². The number of unbranched alkanes of at least 4 members (excludes halogenated alkanes) is 2. The first-order valence-electron chi connectivity index (χ1n) is 38.8. The van der Waals surface area contributed by atoms with Gasteiger partial charge >= 0.3 is 5.51 Å². The van der Waals surface area contributed by atoms with Crippen molar-refractivity contribution in [2.45, 2.75) is 200 Å². The van der Waals surface area contributed by atoms with Gasteiger partial charge in [0.15, 0.2) is 5.67 Å². The van der Waals surface area contributed by atoms with Gasteiger partial charge in [0, 0.05) is 137 Å². The van der Waals surface area contributed by atoms with Crippen molar-refractivity contribution < 1.29 is 77.1 Å². The first-order chi connectivity index (χ1) is 53.2. The zero-order chi connectivity index (χ0) is 81.4. The van der Waals surface area contributed by atoms with Crippen LogP contribution in [0.2, 0.25) is 0 Å². The lowest BCUT2D eigenvalue weighted by Gasteiger charge is -2.72. The molecule has 32 heteroatoms. The zero-order valence-corrected chi connectivity index (χ0v) is 68.0. The Morgan fingerprint density at radius 1 is 0.814 bits per heavy atom. The molecule has 7 fully saturated rings. The van der Waals surface area contributed by atoms with Crippen molar-refractivity contribution in [1.82, 2.24) is 39.9 Å². The predicted molar refractivity (Wildman–Crippen MR) is 421 cm³/mol. The van der Waals surface area contributed by atoms with Crippen molar-refractivity contribution >= 4 is 89.8 Å². The zero-order valence-electron chi connectivity index (χ0n) is 64.7. The second-order valence-corrected chi connectivity index (χ2v) is 39.4. The normalized spacial score (nSPS) is 23.4. The predicted octanol–water partition coefficient (Wildman–Crippen LogP) is 11.4. The molecule has 6 amide bonds. The number of sulfonamides is 1. The minimum Gasteiger partial charge on any atom is -0.391 e. The first-order valence-corrected chi connectivity index (χ1v) is 43.7. The minimum absolute atomic E-state index is 0.00583. The molecule has 2 unspecified atom stereocenters. The third-order valence-electron chi connectivity index (χ3n) is 24.1. The van der Waals surface area contributed by atoms with Crippen molar-refractivity contribution in [3.05, 3.63) is 131 Å². The number of aliphatic hydroxyl groups is 1. The molecular formula is C81H103F6N11O11S4. The second kappa shape index (κ2) is 33.5. The Morgan fingerprint density at radius 3 is 2.09 bits per heavy atom. The molecule has 4 heterocycles. The molecule has 1 aromatic heterocycles. The van der Waals surface area contributed by atoms with Gasteiger partial charge < -0.3 is 41.5 Å². The van der Waals surface area contributed by atoms with Crippen molar-refractivity contribution in [2.24, 2.45) is 27.4 Å². The molecule has 5 atom stereocenters. The third-order valence-corrected chi connectivity index (χ3v) is 29.1. The molecule has 4 saturated carbocycles. The number of carbonyl (C=O) groups excluding carboxylic acids is 6. The molecule has 0 spiro atoms. The number of thioether (sulfide) groups is 1. The Morgan fingerprint density at radius 2 is 1.48 bits per heavy atom. The van der Waals surface area contributed by atoms with Crippen LogP contribution in [0.4, 0.5) is 37.7 Å². The number of anilines is 2. The number of rotatable bonds is 32. The van der Waals surface area contributed by atoms with E-state index in [0.717, 1.165) is 82.6 Å². The molecule has 3 saturated heterocycles. The summed E-state index contributed by atoms with van der Waals surface area (Å²) in [6, 6.07) is 22.7. The van der Waals surface area contributed by atoms with Crippen LogP contribution in [0.5, 0.6) is 0 Å². The van der Waals surface area contributed by atoms with Gasteiger partial charge in [0.1, 0.15) is 16.5 Å². The third kappa shape index (κ3) is 18.8. The van der Waals surface area contributed by atoms with Crippen LogP contribution in [-0.4, -0.2) is 208 Å². The largest absolute Gasteiger partial charge is 0.501 e. The summed E-state index contributed by atoms with van der Waals surface area (Å²) in [5, 5.41) is 19.9. The number of likely N-dealkylation sites (tertiary alicyclic amines) is 1. The number of nitrogens with one attached hydrogen (secondary N) is 4. The number of amides is 6. The van der Waals surface area contributed by atoms with E-state index in [-0.39, 0.29) is 79.7 Å². The molecular weight excluding hydrogens is 1550 g/mol. The molecule has 8 aliphatic rings. The van der Waals surface area contributed by atoms with E-state index in [1.54, 1.807) is 55.4 Å². The van der Waals surface area contributed by atoms with E-state index in [1.807, 2.05) is 54.1 Å². The molecule has 614 valence electrons. The fraction of sp³-hybridized carbons (Fsp3) is 0.568. The molecule has 7 N–H and O–H groups in total. The number of hydrogen-bond donors (Lipinski definition) is 6. The molecule has 0 radical (unpaired) electrons. The van der Waals surface area contributed by atoms with Gasteiger partial charge in [0.2, 0.25) is 30.1 Å². The number of sulfone groups is 1. The van der Waals surface area contributed by atoms with Gasteiger partial charge in [-0.15, -0.1) is 23.1 Å². The number of piperazine rings is 2. The molecule has 113 heavy (non-hydrogen) atoms. The summed E-state index contributed by atoms with van der Waals surface area (Å²) in [4.78, 5) is 97.0. The van der Waals surface area contributed by atoms with Gasteiger partial charge in [-0.2, -0.15) is 13.2 Å². The van der Waals surface area contributed by atoms with Gasteiger partial charge in [-0.25, -0.2) is 39.7 Å². The Bertz CT molecular complexity index is 4580. The van der Waals surface area contributed by atoms with Crippen LogP contribution >= 0.6 is 23.1 Å². The smallest absolute Gasteiger partial charge is 0.391 e. The van der Waals surface area contributed by atoms with Crippen LogP contribution in [0, 0.1) is 28.6 Å². The highest BCUT2D eigenvalue weighted by Gasteiger charge is 2.73. The van der Waals surface area contributed by atoms with Crippen molar-refractivity contribution in [2.75, 3.05) is 94.5 Å². The fourth-order valence-electron chi connectivity index (χ4n) is 17.4. The monoisotopic (exact) mass is 1650 g/mol. The summed E-state index contributed by atoms with van der Waals surface area (Å²) in [5.41, 5.74) is 1.34. The summed E-state index contributed by atoms with van der Waals surface area (Å²) in [5.74, 6) is -5.26. The molecule has 13 rings (SSSR count). The van der Waals surface area contributed by atoms with Crippen LogP contribution in [0.1, 0.15) is 158 Å². The Labute approximate surface area is 665 Å². The molecule has 5 aliphatic carbocycles. The van der Waals surface area contributed by atoms with Gasteiger partial charge in [0.25, 0.3) is 31.7 Å². The number of carbonyl (C=O) groups is 6. The standard InChI is InChI=1S/C81H103F6N11O11S4/c1-52-68(111-51-90-52)54-18-16-53(17-19-54)62(80(73(88)104)43-59(99)46-98(80)71(103)69(75(2,3)4)92-74(105)79(84)29-30-79)42-66(100)89-31-12-8-11-15-67(101)97-39-33-94(34-40-97)32-27-57(47-110-60-13-9-7-10-14-60)91-64-25-24-61(41-65(64)112(106,107)81(85,86)87)113(108,109)93-70(102)55-20-22-58(23-21-55)96-37-35-95(36-38-96)45-56-26-28-76(5,6)44-63(56)77-48-78(49-77,50-77)72(82)83/h7,9-10,13-14,16-25,41,51,57,59,62,69,72,91,99H,8,11-12,15,26-40,42-50H2,1-6H3,(H2,88,104)(H,89,100)(H,92,105)(H,93,102)/t57-,59?,62+,69-,77?,78?,80?/m1/s1. The Hall–Kier alpha value is -7.62. The number of primary amides is 1. The number of hydrogen-bond acceptors (Lipinski definition) is 18. The summed E-state index contributed by atoms with van der Waals surface area (Å²) in [6.07, 6.45) is 2.34. The van der Waals surface area contributed by atoms with E-state index in [1.165, 1.54) is 46.4 Å². The SMILES string of the molecule is Cc1ncsc1-c1ccc([C@H](CC(=O)NCCCCCC(=O)N2CCN(CC[C@H](CSc3ccccc3)Nc3ccc(S(=O)(=O)NC(=O)c4ccc(N5CCN(CC6=C(C78CC(C(F)F)(C7)C8)CC(C)(C)CC6)CC5)cc4)cc3S(=O)(=O)C(F)(F)F)CC2)C2(C(N)=O)CC(O)CN2C(=O)[C@@H](NC(=O)C2(F)CC2)C(C)(C)C)cc1. The second-order valence-electron chi connectivity index (χ2n) is 33.9. The summed E-state index contributed by atoms with van der Waals surface area (Å²) >= 11 is 2.80. The van der Waals surface area contributed by atoms with Crippen molar-refractivity contribution in [3.63, 3.8) is 0 Å².